The lowest BCUT2D eigenvalue weighted by molar-refractivity contribution is 0.485. The molecular formula is C11H19N3. The van der Waals surface area contributed by atoms with Crippen molar-refractivity contribution in [2.75, 3.05) is 0 Å². The van der Waals surface area contributed by atoms with E-state index in [1.807, 2.05) is 19.9 Å². The van der Waals surface area contributed by atoms with Crippen LogP contribution in [0.1, 0.15) is 31.1 Å². The molecule has 0 aliphatic rings. The molecule has 14 heavy (non-hydrogen) atoms. The summed E-state index contributed by atoms with van der Waals surface area (Å²) in [5.41, 5.74) is 8.06. The van der Waals surface area contributed by atoms with Crippen molar-refractivity contribution < 1.29 is 0 Å². The zero-order valence-corrected chi connectivity index (χ0v) is 9.41. The number of aromatic nitrogens is 2. The zero-order chi connectivity index (χ0) is 10.7. The van der Waals surface area contributed by atoms with E-state index in [0.29, 0.717) is 5.92 Å². The van der Waals surface area contributed by atoms with Crippen molar-refractivity contribution in [2.45, 2.75) is 40.2 Å². The van der Waals surface area contributed by atoms with Crippen molar-refractivity contribution >= 4 is 0 Å². The van der Waals surface area contributed by atoms with Crippen molar-refractivity contribution in [3.63, 3.8) is 0 Å². The Morgan fingerprint density at radius 1 is 1.29 bits per heavy atom. The minimum absolute atomic E-state index is 0.184. The fourth-order valence-corrected chi connectivity index (χ4v) is 1.38. The van der Waals surface area contributed by atoms with Crippen LogP contribution in [0.4, 0.5) is 0 Å². The Labute approximate surface area is 85.8 Å². The molecule has 0 saturated carbocycles. The van der Waals surface area contributed by atoms with E-state index in [9.17, 15) is 0 Å². The Hall–Kier alpha value is -0.960. The van der Waals surface area contributed by atoms with E-state index >= 15 is 0 Å². The standard InChI is InChI=1S/C11H19N3/c1-7(2)11(12)6-10-5-8(3)13-9(4)14-10/h5,7,11H,6,12H2,1-4H3. The van der Waals surface area contributed by atoms with Crippen LogP contribution in [-0.2, 0) is 6.42 Å². The van der Waals surface area contributed by atoms with Gasteiger partial charge in [0.2, 0.25) is 0 Å². The van der Waals surface area contributed by atoms with Crippen molar-refractivity contribution in [3.8, 4) is 0 Å². The summed E-state index contributed by atoms with van der Waals surface area (Å²) >= 11 is 0. The fourth-order valence-electron chi connectivity index (χ4n) is 1.38. The molecule has 0 spiro atoms. The molecule has 0 saturated heterocycles. The molecule has 0 aliphatic carbocycles. The number of hydrogen-bond acceptors (Lipinski definition) is 3. The summed E-state index contributed by atoms with van der Waals surface area (Å²) in [6.45, 7) is 8.16. The molecule has 2 N–H and O–H groups in total. The molecule has 0 aromatic carbocycles. The second kappa shape index (κ2) is 4.51. The van der Waals surface area contributed by atoms with Crippen LogP contribution in [0.25, 0.3) is 0 Å². The topological polar surface area (TPSA) is 51.8 Å². The predicted octanol–water partition coefficient (Wildman–Crippen LogP) is 1.62. The van der Waals surface area contributed by atoms with Gasteiger partial charge in [-0.15, -0.1) is 0 Å². The maximum absolute atomic E-state index is 5.99. The summed E-state index contributed by atoms with van der Waals surface area (Å²) in [6, 6.07) is 2.19. The Morgan fingerprint density at radius 3 is 2.43 bits per heavy atom. The number of hydrogen-bond donors (Lipinski definition) is 1. The molecule has 0 radical (unpaired) electrons. The van der Waals surface area contributed by atoms with Gasteiger partial charge in [0.15, 0.2) is 0 Å². The lowest BCUT2D eigenvalue weighted by Crippen LogP contribution is -2.29. The quantitative estimate of drug-likeness (QED) is 0.793. The first-order valence-electron chi connectivity index (χ1n) is 5.05. The van der Waals surface area contributed by atoms with Crippen LogP contribution in [0.5, 0.6) is 0 Å². The Balaban J connectivity index is 2.76. The second-order valence-electron chi connectivity index (χ2n) is 4.16. The number of nitrogens with zero attached hydrogens (tertiary/aromatic N) is 2. The average molecular weight is 193 g/mol. The molecule has 0 aliphatic heterocycles. The predicted molar refractivity (Wildman–Crippen MR) is 58.0 cm³/mol. The Kier molecular flexibility index (Phi) is 3.58. The highest BCUT2D eigenvalue weighted by atomic mass is 14.9. The van der Waals surface area contributed by atoms with Crippen molar-refractivity contribution in [3.05, 3.63) is 23.3 Å². The first kappa shape index (κ1) is 11.1. The van der Waals surface area contributed by atoms with Gasteiger partial charge in [-0.05, 0) is 25.8 Å². The van der Waals surface area contributed by atoms with Gasteiger partial charge in [-0.25, -0.2) is 9.97 Å². The normalized spacial score (nSPS) is 13.3. The van der Waals surface area contributed by atoms with Crippen LogP contribution in [0.2, 0.25) is 0 Å². The van der Waals surface area contributed by atoms with Gasteiger partial charge < -0.3 is 5.73 Å². The summed E-state index contributed by atoms with van der Waals surface area (Å²) in [5, 5.41) is 0. The molecule has 3 heteroatoms. The molecule has 1 aromatic rings. The lowest BCUT2D eigenvalue weighted by Gasteiger charge is -2.15. The Bertz CT molecular complexity index is 287. The van der Waals surface area contributed by atoms with E-state index in [1.165, 1.54) is 0 Å². The number of nitrogens with two attached hydrogens (primary N) is 1. The lowest BCUT2D eigenvalue weighted by atomic mass is 10.00. The van der Waals surface area contributed by atoms with Gasteiger partial charge in [0, 0.05) is 23.9 Å². The van der Waals surface area contributed by atoms with Crippen LogP contribution < -0.4 is 5.73 Å². The molecule has 0 bridgehead atoms. The summed E-state index contributed by atoms with van der Waals surface area (Å²) in [4.78, 5) is 8.60. The van der Waals surface area contributed by atoms with Crippen molar-refractivity contribution in [2.24, 2.45) is 11.7 Å². The van der Waals surface area contributed by atoms with Gasteiger partial charge in [0.1, 0.15) is 5.82 Å². The van der Waals surface area contributed by atoms with E-state index in [0.717, 1.165) is 23.6 Å². The number of rotatable bonds is 3. The molecule has 1 rings (SSSR count). The monoisotopic (exact) mass is 193 g/mol. The average Bonchev–Trinajstić information content (AvgIpc) is 2.01. The highest BCUT2D eigenvalue weighted by Crippen LogP contribution is 2.07. The minimum atomic E-state index is 0.184. The highest BCUT2D eigenvalue weighted by molar-refractivity contribution is 5.10. The molecular weight excluding hydrogens is 174 g/mol. The van der Waals surface area contributed by atoms with Crippen LogP contribution in [0.15, 0.2) is 6.07 Å². The summed E-state index contributed by atoms with van der Waals surface area (Å²) in [5.74, 6) is 1.32. The third-order valence-corrected chi connectivity index (χ3v) is 2.32. The van der Waals surface area contributed by atoms with E-state index in [1.54, 1.807) is 0 Å². The number of aryl methyl sites for hydroxylation is 2. The summed E-state index contributed by atoms with van der Waals surface area (Å²) in [7, 11) is 0. The van der Waals surface area contributed by atoms with Crippen LogP contribution in [0, 0.1) is 19.8 Å². The molecule has 0 amide bonds. The summed E-state index contributed by atoms with van der Waals surface area (Å²) < 4.78 is 0. The molecule has 1 atom stereocenters. The molecule has 78 valence electrons. The van der Waals surface area contributed by atoms with Gasteiger partial charge in [-0.2, -0.15) is 0 Å². The molecule has 1 unspecified atom stereocenters. The minimum Gasteiger partial charge on any atom is -0.327 e. The van der Waals surface area contributed by atoms with E-state index in [2.05, 4.69) is 23.8 Å². The first-order chi connectivity index (χ1) is 6.49. The Morgan fingerprint density at radius 2 is 1.93 bits per heavy atom. The van der Waals surface area contributed by atoms with Gasteiger partial charge in [-0.1, -0.05) is 13.8 Å². The summed E-state index contributed by atoms with van der Waals surface area (Å²) in [6.07, 6.45) is 0.835. The van der Waals surface area contributed by atoms with Crippen LogP contribution in [-0.4, -0.2) is 16.0 Å². The van der Waals surface area contributed by atoms with Gasteiger partial charge in [-0.3, -0.25) is 0 Å². The van der Waals surface area contributed by atoms with Gasteiger partial charge in [0.25, 0.3) is 0 Å². The van der Waals surface area contributed by atoms with Crippen LogP contribution >= 0.6 is 0 Å². The zero-order valence-electron chi connectivity index (χ0n) is 9.41. The highest BCUT2D eigenvalue weighted by Gasteiger charge is 2.09. The first-order valence-corrected chi connectivity index (χ1v) is 5.05. The largest absolute Gasteiger partial charge is 0.327 e. The maximum Gasteiger partial charge on any atom is 0.125 e. The van der Waals surface area contributed by atoms with Crippen LogP contribution in [0.3, 0.4) is 0 Å². The maximum atomic E-state index is 5.99. The molecule has 3 nitrogen and oxygen atoms in total. The van der Waals surface area contributed by atoms with Gasteiger partial charge >= 0.3 is 0 Å². The fraction of sp³-hybridized carbons (Fsp3) is 0.636. The van der Waals surface area contributed by atoms with Crippen molar-refractivity contribution in [1.82, 2.24) is 9.97 Å². The van der Waals surface area contributed by atoms with E-state index in [-0.39, 0.29) is 6.04 Å². The SMILES string of the molecule is Cc1cc(CC(N)C(C)C)nc(C)n1. The third-order valence-electron chi connectivity index (χ3n) is 2.32. The van der Waals surface area contributed by atoms with Crippen molar-refractivity contribution in [1.29, 1.82) is 0 Å². The second-order valence-corrected chi connectivity index (χ2v) is 4.16. The van der Waals surface area contributed by atoms with E-state index in [4.69, 9.17) is 5.73 Å². The van der Waals surface area contributed by atoms with E-state index < -0.39 is 0 Å². The molecule has 0 fully saturated rings. The van der Waals surface area contributed by atoms with Gasteiger partial charge in [0.05, 0.1) is 0 Å². The third kappa shape index (κ3) is 3.07. The smallest absolute Gasteiger partial charge is 0.125 e. The molecule has 1 heterocycles. The molecule has 1 aromatic heterocycles.